The first kappa shape index (κ1) is 16.5. The summed E-state index contributed by atoms with van der Waals surface area (Å²) in [5.74, 6) is 1.85. The number of aryl methyl sites for hydroxylation is 2. The Bertz CT molecular complexity index is 764. The highest BCUT2D eigenvalue weighted by Crippen LogP contribution is 2.39. The molecule has 2 aromatic carbocycles. The molecule has 0 aliphatic heterocycles. The Kier molecular flexibility index (Phi) is 4.97. The maximum absolute atomic E-state index is 9.11. The number of anilines is 2. The van der Waals surface area contributed by atoms with E-state index in [9.17, 15) is 0 Å². The molecular formula is C18H20N2O3. The molecule has 0 aromatic heterocycles. The third kappa shape index (κ3) is 3.32. The van der Waals surface area contributed by atoms with Crippen LogP contribution in [0.1, 0.15) is 16.7 Å². The molecule has 0 heterocycles. The van der Waals surface area contributed by atoms with E-state index in [-0.39, 0.29) is 0 Å². The van der Waals surface area contributed by atoms with E-state index in [0.717, 1.165) is 22.5 Å². The van der Waals surface area contributed by atoms with E-state index >= 15 is 0 Å². The molecule has 0 amide bonds. The number of benzene rings is 2. The zero-order valence-corrected chi connectivity index (χ0v) is 14.0. The number of nitriles is 1. The zero-order valence-electron chi connectivity index (χ0n) is 14.0. The Hall–Kier alpha value is -2.87. The van der Waals surface area contributed by atoms with Crippen molar-refractivity contribution >= 4 is 11.4 Å². The number of hydrogen-bond donors (Lipinski definition) is 1. The fourth-order valence-electron chi connectivity index (χ4n) is 2.34. The average molecular weight is 312 g/mol. The van der Waals surface area contributed by atoms with E-state index in [1.165, 1.54) is 0 Å². The molecule has 0 saturated heterocycles. The Labute approximate surface area is 136 Å². The molecule has 0 bridgehead atoms. The summed E-state index contributed by atoms with van der Waals surface area (Å²) >= 11 is 0. The molecule has 0 aliphatic rings. The number of ether oxygens (including phenoxy) is 3. The van der Waals surface area contributed by atoms with Crippen molar-refractivity contribution < 1.29 is 14.2 Å². The van der Waals surface area contributed by atoms with E-state index in [1.807, 2.05) is 32.0 Å². The van der Waals surface area contributed by atoms with Crippen LogP contribution in [0.5, 0.6) is 17.2 Å². The standard InChI is InChI=1S/C18H20N2O3/c1-11-7-14(12(2)6-13(11)10-19)20-15-8-17(22-4)18(23-5)9-16(15)21-3/h6-9,20H,1-5H3. The predicted molar refractivity (Wildman–Crippen MR) is 90.0 cm³/mol. The lowest BCUT2D eigenvalue weighted by atomic mass is 10.0. The van der Waals surface area contributed by atoms with Crippen molar-refractivity contribution in [2.75, 3.05) is 26.6 Å². The molecule has 5 heteroatoms. The smallest absolute Gasteiger partial charge is 0.164 e. The quantitative estimate of drug-likeness (QED) is 0.906. The highest BCUT2D eigenvalue weighted by atomic mass is 16.5. The summed E-state index contributed by atoms with van der Waals surface area (Å²) in [5, 5.41) is 12.5. The Balaban J connectivity index is 2.48. The van der Waals surface area contributed by atoms with Crippen LogP contribution in [0, 0.1) is 25.2 Å². The van der Waals surface area contributed by atoms with Gasteiger partial charge >= 0.3 is 0 Å². The molecule has 23 heavy (non-hydrogen) atoms. The second kappa shape index (κ2) is 6.93. The Morgan fingerprint density at radius 1 is 0.783 bits per heavy atom. The van der Waals surface area contributed by atoms with Gasteiger partial charge in [-0.3, -0.25) is 0 Å². The average Bonchev–Trinajstić information content (AvgIpc) is 2.57. The van der Waals surface area contributed by atoms with Gasteiger partial charge in [0.1, 0.15) is 5.75 Å². The molecule has 0 atom stereocenters. The monoisotopic (exact) mass is 312 g/mol. The van der Waals surface area contributed by atoms with Crippen LogP contribution in [0.25, 0.3) is 0 Å². The van der Waals surface area contributed by atoms with Crippen molar-refractivity contribution in [1.29, 1.82) is 5.26 Å². The summed E-state index contributed by atoms with van der Waals surface area (Å²) in [4.78, 5) is 0. The molecule has 5 nitrogen and oxygen atoms in total. The number of rotatable bonds is 5. The first-order valence-corrected chi connectivity index (χ1v) is 7.12. The summed E-state index contributed by atoms with van der Waals surface area (Å²) in [6.45, 7) is 3.87. The van der Waals surface area contributed by atoms with Gasteiger partial charge < -0.3 is 19.5 Å². The fourth-order valence-corrected chi connectivity index (χ4v) is 2.34. The van der Waals surface area contributed by atoms with Crippen LogP contribution >= 0.6 is 0 Å². The number of nitrogens with one attached hydrogen (secondary N) is 1. The molecule has 0 spiro atoms. The van der Waals surface area contributed by atoms with Gasteiger partial charge in [-0.25, -0.2) is 0 Å². The minimum Gasteiger partial charge on any atom is -0.494 e. The summed E-state index contributed by atoms with van der Waals surface area (Å²) in [6.07, 6.45) is 0. The van der Waals surface area contributed by atoms with Crippen molar-refractivity contribution in [3.05, 3.63) is 41.0 Å². The van der Waals surface area contributed by atoms with Crippen molar-refractivity contribution in [2.45, 2.75) is 13.8 Å². The predicted octanol–water partition coefficient (Wildman–Crippen LogP) is 3.94. The second-order valence-electron chi connectivity index (χ2n) is 5.13. The van der Waals surface area contributed by atoms with Crippen molar-refractivity contribution in [1.82, 2.24) is 0 Å². The van der Waals surface area contributed by atoms with Crippen LogP contribution in [-0.2, 0) is 0 Å². The zero-order chi connectivity index (χ0) is 17.0. The SMILES string of the molecule is COc1cc(OC)c(OC)cc1Nc1cc(C)c(C#N)cc1C. The summed E-state index contributed by atoms with van der Waals surface area (Å²) in [7, 11) is 4.77. The van der Waals surface area contributed by atoms with Crippen molar-refractivity contribution in [3.8, 4) is 23.3 Å². The Morgan fingerprint density at radius 3 is 1.96 bits per heavy atom. The van der Waals surface area contributed by atoms with Gasteiger partial charge in [-0.1, -0.05) is 0 Å². The number of nitrogens with zero attached hydrogens (tertiary/aromatic N) is 1. The van der Waals surface area contributed by atoms with Crippen LogP contribution in [-0.4, -0.2) is 21.3 Å². The van der Waals surface area contributed by atoms with Crippen LogP contribution in [0.15, 0.2) is 24.3 Å². The van der Waals surface area contributed by atoms with Gasteiger partial charge in [-0.15, -0.1) is 0 Å². The van der Waals surface area contributed by atoms with E-state index in [2.05, 4.69) is 11.4 Å². The lowest BCUT2D eigenvalue weighted by molar-refractivity contribution is 0.349. The molecule has 0 radical (unpaired) electrons. The van der Waals surface area contributed by atoms with Gasteiger partial charge in [0.05, 0.1) is 38.6 Å². The van der Waals surface area contributed by atoms with Gasteiger partial charge in [0.2, 0.25) is 0 Å². The lowest BCUT2D eigenvalue weighted by Gasteiger charge is -2.17. The molecular weight excluding hydrogens is 292 g/mol. The number of hydrogen-bond acceptors (Lipinski definition) is 5. The molecule has 0 saturated carbocycles. The maximum Gasteiger partial charge on any atom is 0.164 e. The largest absolute Gasteiger partial charge is 0.494 e. The van der Waals surface area contributed by atoms with Crippen molar-refractivity contribution in [3.63, 3.8) is 0 Å². The van der Waals surface area contributed by atoms with Gasteiger partial charge in [-0.2, -0.15) is 5.26 Å². The first-order chi connectivity index (χ1) is 11.0. The lowest BCUT2D eigenvalue weighted by Crippen LogP contribution is -2.00. The second-order valence-corrected chi connectivity index (χ2v) is 5.13. The third-order valence-electron chi connectivity index (χ3n) is 3.67. The van der Waals surface area contributed by atoms with E-state index < -0.39 is 0 Å². The highest BCUT2D eigenvalue weighted by Gasteiger charge is 2.13. The van der Waals surface area contributed by atoms with Crippen LogP contribution < -0.4 is 19.5 Å². The minimum atomic E-state index is 0.600. The van der Waals surface area contributed by atoms with E-state index in [0.29, 0.717) is 22.8 Å². The summed E-state index contributed by atoms with van der Waals surface area (Å²) in [6, 6.07) is 9.60. The molecule has 2 aromatic rings. The number of methoxy groups -OCH3 is 3. The summed E-state index contributed by atoms with van der Waals surface area (Å²) < 4.78 is 16.1. The highest BCUT2D eigenvalue weighted by molar-refractivity contribution is 5.73. The fraction of sp³-hybridized carbons (Fsp3) is 0.278. The molecule has 120 valence electrons. The van der Waals surface area contributed by atoms with Gasteiger partial charge in [0, 0.05) is 17.8 Å². The van der Waals surface area contributed by atoms with E-state index in [1.54, 1.807) is 27.4 Å². The van der Waals surface area contributed by atoms with E-state index in [4.69, 9.17) is 19.5 Å². The third-order valence-corrected chi connectivity index (χ3v) is 3.67. The topological polar surface area (TPSA) is 63.5 Å². The molecule has 0 aliphatic carbocycles. The maximum atomic E-state index is 9.11. The van der Waals surface area contributed by atoms with Gasteiger partial charge in [0.15, 0.2) is 11.5 Å². The Morgan fingerprint density at radius 2 is 1.39 bits per heavy atom. The van der Waals surface area contributed by atoms with Crippen LogP contribution in [0.3, 0.4) is 0 Å². The van der Waals surface area contributed by atoms with Crippen molar-refractivity contribution in [2.24, 2.45) is 0 Å². The molecule has 0 fully saturated rings. The van der Waals surface area contributed by atoms with Gasteiger partial charge in [0.25, 0.3) is 0 Å². The minimum absolute atomic E-state index is 0.600. The van der Waals surface area contributed by atoms with Gasteiger partial charge in [-0.05, 0) is 37.1 Å². The first-order valence-electron chi connectivity index (χ1n) is 7.12. The van der Waals surface area contributed by atoms with Crippen LogP contribution in [0.4, 0.5) is 11.4 Å². The summed E-state index contributed by atoms with van der Waals surface area (Å²) in [5.41, 5.74) is 4.24. The molecule has 0 unspecified atom stereocenters. The van der Waals surface area contributed by atoms with Crippen LogP contribution in [0.2, 0.25) is 0 Å². The molecule has 2 rings (SSSR count). The normalized spacial score (nSPS) is 9.91. The molecule has 1 N–H and O–H groups in total.